The van der Waals surface area contributed by atoms with Gasteiger partial charge in [0.2, 0.25) is 0 Å². The van der Waals surface area contributed by atoms with E-state index in [9.17, 15) is 9.18 Å². The summed E-state index contributed by atoms with van der Waals surface area (Å²) in [5.41, 5.74) is 0.525. The highest BCUT2D eigenvalue weighted by molar-refractivity contribution is 6.31. The molecule has 4 nitrogen and oxygen atoms in total. The van der Waals surface area contributed by atoms with Crippen molar-refractivity contribution in [1.29, 1.82) is 0 Å². The van der Waals surface area contributed by atoms with Crippen molar-refractivity contribution >= 4 is 23.3 Å². The lowest BCUT2D eigenvalue weighted by molar-refractivity contribution is 0.116. The Bertz CT molecular complexity index is 538. The molecule has 1 aromatic rings. The number of carbonyl (C=O) groups is 1. The Labute approximate surface area is 128 Å². The maximum Gasteiger partial charge on any atom is 0.322 e. The normalized spacial score (nSPS) is 25.3. The Hall–Kier alpha value is -1.33. The van der Waals surface area contributed by atoms with E-state index in [1.54, 1.807) is 0 Å². The number of urea groups is 1. The van der Waals surface area contributed by atoms with Gasteiger partial charge in [-0.15, -0.1) is 0 Å². The van der Waals surface area contributed by atoms with Gasteiger partial charge in [0.15, 0.2) is 0 Å². The molecule has 0 radical (unpaired) electrons. The fraction of sp³-hybridized carbons (Fsp3) is 0.533. The van der Waals surface area contributed by atoms with E-state index in [1.165, 1.54) is 24.6 Å². The summed E-state index contributed by atoms with van der Waals surface area (Å²) in [6.07, 6.45) is 4.54. The van der Waals surface area contributed by atoms with Crippen molar-refractivity contribution in [2.75, 3.05) is 18.4 Å². The Kier molecular flexibility index (Phi) is 4.31. The molecule has 1 aromatic carbocycles. The maximum atomic E-state index is 13.1. The van der Waals surface area contributed by atoms with Crippen molar-refractivity contribution in [2.24, 2.45) is 0 Å². The van der Waals surface area contributed by atoms with E-state index in [4.69, 9.17) is 11.6 Å². The average molecular weight is 312 g/mol. The smallest absolute Gasteiger partial charge is 0.319 e. The first-order valence-corrected chi connectivity index (χ1v) is 7.79. The molecule has 114 valence electrons. The van der Waals surface area contributed by atoms with Crippen LogP contribution in [0.15, 0.2) is 18.2 Å². The SMILES string of the molecule is O=C(Nc1ccc(F)c(Cl)c1)N1CCN[C@H]2CCCC[C@H]21. The van der Waals surface area contributed by atoms with Crippen LogP contribution in [0.25, 0.3) is 0 Å². The van der Waals surface area contributed by atoms with Crippen LogP contribution in [0.3, 0.4) is 0 Å². The first kappa shape index (κ1) is 14.6. The minimum Gasteiger partial charge on any atom is -0.319 e. The number of anilines is 1. The second-order valence-corrected chi connectivity index (χ2v) is 6.07. The van der Waals surface area contributed by atoms with Gasteiger partial charge in [0, 0.05) is 30.9 Å². The van der Waals surface area contributed by atoms with Gasteiger partial charge in [-0.25, -0.2) is 9.18 Å². The number of amides is 2. The Morgan fingerprint density at radius 3 is 3.00 bits per heavy atom. The third-order valence-corrected chi connectivity index (χ3v) is 4.61. The largest absolute Gasteiger partial charge is 0.322 e. The zero-order chi connectivity index (χ0) is 14.8. The van der Waals surface area contributed by atoms with Gasteiger partial charge in [0.05, 0.1) is 5.02 Å². The number of halogens is 2. The molecule has 1 aliphatic carbocycles. The second kappa shape index (κ2) is 6.20. The van der Waals surface area contributed by atoms with Crippen molar-refractivity contribution < 1.29 is 9.18 Å². The van der Waals surface area contributed by atoms with Crippen LogP contribution in [-0.2, 0) is 0 Å². The van der Waals surface area contributed by atoms with Crippen molar-refractivity contribution in [3.05, 3.63) is 29.0 Å². The number of hydrogen-bond donors (Lipinski definition) is 2. The van der Waals surface area contributed by atoms with Gasteiger partial charge in [-0.1, -0.05) is 24.4 Å². The number of benzene rings is 1. The maximum absolute atomic E-state index is 13.1. The number of fused-ring (bicyclic) bond motifs is 1. The van der Waals surface area contributed by atoms with Crippen molar-refractivity contribution in [3.63, 3.8) is 0 Å². The molecule has 2 N–H and O–H groups in total. The number of piperazine rings is 1. The first-order chi connectivity index (χ1) is 10.1. The summed E-state index contributed by atoms with van der Waals surface area (Å²) in [5, 5.41) is 6.33. The molecule has 1 saturated heterocycles. The fourth-order valence-electron chi connectivity index (χ4n) is 3.28. The highest BCUT2D eigenvalue weighted by atomic mass is 35.5. The number of nitrogens with one attached hydrogen (secondary N) is 2. The summed E-state index contributed by atoms with van der Waals surface area (Å²) in [5.74, 6) is -0.482. The minimum atomic E-state index is -0.482. The Balaban J connectivity index is 1.70. The predicted molar refractivity (Wildman–Crippen MR) is 81.2 cm³/mol. The van der Waals surface area contributed by atoms with Crippen LogP contribution < -0.4 is 10.6 Å². The van der Waals surface area contributed by atoms with Crippen molar-refractivity contribution in [2.45, 2.75) is 37.8 Å². The number of nitrogens with zero attached hydrogens (tertiary/aromatic N) is 1. The van der Waals surface area contributed by atoms with Crippen molar-refractivity contribution in [1.82, 2.24) is 10.2 Å². The molecular weight excluding hydrogens is 293 g/mol. The van der Waals surface area contributed by atoms with Crippen LogP contribution in [0, 0.1) is 5.82 Å². The molecule has 0 spiro atoms. The van der Waals surface area contributed by atoms with Crippen molar-refractivity contribution in [3.8, 4) is 0 Å². The summed E-state index contributed by atoms with van der Waals surface area (Å²) < 4.78 is 13.1. The summed E-state index contributed by atoms with van der Waals surface area (Å²) in [6.45, 7) is 1.51. The van der Waals surface area contributed by atoms with E-state index in [1.807, 2.05) is 4.90 Å². The van der Waals surface area contributed by atoms with Crippen LogP contribution in [0.2, 0.25) is 5.02 Å². The molecule has 2 amide bonds. The highest BCUT2D eigenvalue weighted by Gasteiger charge is 2.35. The molecule has 1 heterocycles. The molecule has 3 rings (SSSR count). The number of rotatable bonds is 1. The van der Waals surface area contributed by atoms with Gasteiger partial charge in [-0.3, -0.25) is 0 Å². The lowest BCUT2D eigenvalue weighted by atomic mass is 9.88. The fourth-order valence-corrected chi connectivity index (χ4v) is 3.46. The van der Waals surface area contributed by atoms with Gasteiger partial charge >= 0.3 is 6.03 Å². The molecule has 2 aliphatic rings. The Morgan fingerprint density at radius 2 is 2.19 bits per heavy atom. The lowest BCUT2D eigenvalue weighted by Crippen LogP contribution is -2.61. The van der Waals surface area contributed by atoms with E-state index >= 15 is 0 Å². The number of carbonyl (C=O) groups excluding carboxylic acids is 1. The van der Waals surface area contributed by atoms with Crippen LogP contribution >= 0.6 is 11.6 Å². The molecule has 2 atom stereocenters. The van der Waals surface area contributed by atoms with Gasteiger partial charge < -0.3 is 15.5 Å². The zero-order valence-corrected chi connectivity index (χ0v) is 12.5. The van der Waals surface area contributed by atoms with E-state index in [0.29, 0.717) is 18.3 Å². The highest BCUT2D eigenvalue weighted by Crippen LogP contribution is 2.26. The van der Waals surface area contributed by atoms with E-state index in [-0.39, 0.29) is 17.1 Å². The predicted octanol–water partition coefficient (Wildman–Crippen LogP) is 3.23. The first-order valence-electron chi connectivity index (χ1n) is 7.41. The average Bonchev–Trinajstić information content (AvgIpc) is 2.50. The monoisotopic (exact) mass is 311 g/mol. The van der Waals surface area contributed by atoms with Gasteiger partial charge in [0.1, 0.15) is 5.82 Å². The van der Waals surface area contributed by atoms with Gasteiger partial charge in [-0.2, -0.15) is 0 Å². The summed E-state index contributed by atoms with van der Waals surface area (Å²) in [7, 11) is 0. The minimum absolute atomic E-state index is 0.0173. The molecule has 2 fully saturated rings. The van der Waals surface area contributed by atoms with Gasteiger partial charge in [0.25, 0.3) is 0 Å². The molecule has 0 aromatic heterocycles. The summed E-state index contributed by atoms with van der Waals surface area (Å²) >= 11 is 5.74. The lowest BCUT2D eigenvalue weighted by Gasteiger charge is -2.44. The third kappa shape index (κ3) is 3.14. The van der Waals surface area contributed by atoms with E-state index in [0.717, 1.165) is 25.8 Å². The molecule has 0 unspecified atom stereocenters. The molecule has 0 bridgehead atoms. The summed E-state index contributed by atoms with van der Waals surface area (Å²) in [4.78, 5) is 14.4. The molecule has 1 saturated carbocycles. The molecule has 6 heteroatoms. The standard InChI is InChI=1S/C15H19ClFN3O/c16-11-9-10(5-6-12(11)17)19-15(21)20-8-7-18-13-3-1-2-4-14(13)20/h5-6,9,13-14,18H,1-4,7-8H2,(H,19,21)/t13-,14+/m0/s1. The quantitative estimate of drug-likeness (QED) is 0.836. The molecule has 21 heavy (non-hydrogen) atoms. The topological polar surface area (TPSA) is 44.4 Å². The number of hydrogen-bond acceptors (Lipinski definition) is 2. The van der Waals surface area contributed by atoms with E-state index < -0.39 is 5.82 Å². The Morgan fingerprint density at radius 1 is 1.38 bits per heavy atom. The summed E-state index contributed by atoms with van der Waals surface area (Å²) in [6, 6.07) is 4.75. The third-order valence-electron chi connectivity index (χ3n) is 4.32. The van der Waals surface area contributed by atoms with Crippen LogP contribution in [0.5, 0.6) is 0 Å². The zero-order valence-electron chi connectivity index (χ0n) is 11.7. The molecular formula is C15H19ClFN3O. The van der Waals surface area contributed by atoms with Gasteiger partial charge in [-0.05, 0) is 31.0 Å². The second-order valence-electron chi connectivity index (χ2n) is 5.66. The van der Waals surface area contributed by atoms with Crippen LogP contribution in [0.4, 0.5) is 14.9 Å². The van der Waals surface area contributed by atoms with E-state index in [2.05, 4.69) is 10.6 Å². The van der Waals surface area contributed by atoms with Crippen LogP contribution in [-0.4, -0.2) is 36.1 Å². The van der Waals surface area contributed by atoms with Crippen LogP contribution in [0.1, 0.15) is 25.7 Å². The molecule has 1 aliphatic heterocycles.